The number of ether oxygens (including phenoxy) is 2. The number of aromatic nitrogens is 2. The first-order valence-electron chi connectivity index (χ1n) is 31.1. The Morgan fingerprint density at radius 3 is 1.23 bits per heavy atom. The Morgan fingerprint density at radius 1 is 0.435 bits per heavy atom. The molecule has 8 aromatic rings. The Hall–Kier alpha value is -9.66. The average Bonchev–Trinajstić information content (AvgIpc) is 1.05. The molecular weight excluding hydrogens is 1210 g/mol. The van der Waals surface area contributed by atoms with Crippen molar-refractivity contribution in [2.75, 3.05) is 13.1 Å². The first-order valence-corrected chi connectivity index (χ1v) is 31.8. The van der Waals surface area contributed by atoms with Gasteiger partial charge in [-0.25, -0.2) is 9.59 Å². The minimum Gasteiger partial charge on any atom is -0.445 e. The fourth-order valence-corrected chi connectivity index (χ4v) is 12.8. The number of carbonyl (C=O) groups excluding carboxylic acids is 8. The van der Waals surface area contributed by atoms with E-state index in [1.165, 1.54) is 9.80 Å². The van der Waals surface area contributed by atoms with Gasteiger partial charge in [-0.2, -0.15) is 0 Å². The van der Waals surface area contributed by atoms with Crippen molar-refractivity contribution in [2.24, 2.45) is 0 Å². The molecule has 2 aromatic heterocycles. The minimum absolute atomic E-state index is 0.0311. The average molecular weight is 1280 g/mol. The number of fused-ring (bicyclic) bond motifs is 6. The molecule has 6 atom stereocenters. The third-order valence-electron chi connectivity index (χ3n) is 17.4. The molecule has 1 fully saturated rings. The molecule has 0 radical (unpaired) electrons. The summed E-state index contributed by atoms with van der Waals surface area (Å²) in [5.74, 6) is -3.85. The second kappa shape index (κ2) is 30.0. The van der Waals surface area contributed by atoms with Gasteiger partial charge in [-0.15, -0.1) is 0 Å². The predicted molar refractivity (Wildman–Crippen MR) is 348 cm³/mol. The highest BCUT2D eigenvalue weighted by molar-refractivity contribution is 6.31. The standard InChI is InChI=1S/C70H72Cl2N10O10/c71-53-25-9-5-21-47(53)41-91-69(89)73-31-15-13-29-57-67(87)81-39-45-19-3-1-17-43(45)35-61(81)65(85)79-59(33-49-37-75-55-27-11-7-23-51(49)55)63(83)78-58(30-14-16-32-74-70(90)92-42-48-22-6-10-26-54(48)72)68(88)82-40-46-20-4-2-18-44(46)36-62(82)66(86)80-60(64(84)77-57)34-50-38-76-56-28-12-8-24-52(50)56/h1-12,17-28,37-38,57-62,75-76H,13-16,29-36,39-42H2,(H,73,89)(H,74,90)(H,77,84)(H,78,83)(H,79,85)(H,80,86)/t57-,58-,59-,60-,61-,62-/m0/s1. The maximum atomic E-state index is 15.8. The van der Waals surface area contributed by atoms with Gasteiger partial charge in [0.2, 0.25) is 35.4 Å². The molecule has 476 valence electrons. The van der Waals surface area contributed by atoms with E-state index >= 15 is 28.8 Å². The van der Waals surface area contributed by atoms with E-state index in [-0.39, 0.29) is 77.9 Å². The number of rotatable bonds is 18. The molecule has 0 aliphatic carbocycles. The lowest BCUT2D eigenvalue weighted by Crippen LogP contribution is -2.64. The zero-order valence-corrected chi connectivity index (χ0v) is 52.0. The number of hydrogen-bond donors (Lipinski definition) is 8. The van der Waals surface area contributed by atoms with Crippen molar-refractivity contribution in [3.05, 3.63) is 213 Å². The van der Waals surface area contributed by atoms with Gasteiger partial charge in [0.25, 0.3) is 0 Å². The second-order valence-corrected chi connectivity index (χ2v) is 24.3. The summed E-state index contributed by atoms with van der Waals surface area (Å²) in [6.45, 7) is 0.134. The fourth-order valence-electron chi connectivity index (χ4n) is 12.4. The summed E-state index contributed by atoms with van der Waals surface area (Å²) >= 11 is 12.6. The van der Waals surface area contributed by atoms with Crippen LogP contribution in [0.15, 0.2) is 158 Å². The van der Waals surface area contributed by atoms with Crippen LogP contribution >= 0.6 is 23.2 Å². The summed E-state index contributed by atoms with van der Waals surface area (Å²) < 4.78 is 10.9. The quantitative estimate of drug-likeness (QED) is 0.0379. The molecule has 0 bridgehead atoms. The second-order valence-electron chi connectivity index (χ2n) is 23.5. The Kier molecular flexibility index (Phi) is 20.8. The SMILES string of the molecule is O=C(NCCCC[C@@H]1NC(=O)[C@H](Cc2c[nH]c3ccccc23)NC(=O)[C@@H]2Cc3ccccc3CN2C(=O)[C@H](CCCCNC(=O)OCc2ccccc2Cl)NC(=O)[C@H](Cc2c[nH]c3ccccc23)NC(=O)[C@@H]2Cc3ccccc3CN2C1=O)OCc1ccccc1Cl. The number of para-hydroxylation sites is 2. The maximum Gasteiger partial charge on any atom is 0.407 e. The number of halogens is 2. The van der Waals surface area contributed by atoms with Gasteiger partial charge in [0.1, 0.15) is 49.5 Å². The number of hydrogen-bond acceptors (Lipinski definition) is 10. The molecule has 0 unspecified atom stereocenters. The maximum absolute atomic E-state index is 15.8. The summed E-state index contributed by atoms with van der Waals surface area (Å²) in [5, 5.41) is 20.2. The topological polar surface area (TPSA) is 265 Å². The number of nitrogens with one attached hydrogen (secondary N) is 8. The van der Waals surface area contributed by atoms with Gasteiger partial charge < -0.3 is 61.1 Å². The predicted octanol–water partition coefficient (Wildman–Crippen LogP) is 8.79. The number of aromatic amines is 2. The molecule has 8 amide bonds. The van der Waals surface area contributed by atoms with Crippen LogP contribution in [-0.4, -0.2) is 117 Å². The molecule has 0 spiro atoms. The number of carbonyl (C=O) groups is 8. The van der Waals surface area contributed by atoms with Crippen molar-refractivity contribution in [1.29, 1.82) is 0 Å². The number of benzene rings is 6. The fraction of sp³-hybridized carbons (Fsp3) is 0.314. The molecule has 0 saturated carbocycles. The summed E-state index contributed by atoms with van der Waals surface area (Å²) in [7, 11) is 0. The zero-order chi connectivity index (χ0) is 64.1. The van der Waals surface area contributed by atoms with Gasteiger partial charge in [-0.3, -0.25) is 28.8 Å². The van der Waals surface area contributed by atoms with Crippen molar-refractivity contribution in [3.63, 3.8) is 0 Å². The largest absolute Gasteiger partial charge is 0.445 e. The van der Waals surface area contributed by atoms with Crippen molar-refractivity contribution in [3.8, 4) is 0 Å². The van der Waals surface area contributed by atoms with Gasteiger partial charge in [-0.05, 0) is 96.2 Å². The molecule has 3 aliphatic heterocycles. The normalized spacial score (nSPS) is 19.6. The van der Waals surface area contributed by atoms with Gasteiger partial charge in [-0.1, -0.05) is 145 Å². The van der Waals surface area contributed by atoms with E-state index in [0.29, 0.717) is 58.0 Å². The Balaban J connectivity index is 0.930. The van der Waals surface area contributed by atoms with Crippen LogP contribution < -0.4 is 31.9 Å². The molecule has 11 rings (SSSR count). The molecule has 1 saturated heterocycles. The van der Waals surface area contributed by atoms with Gasteiger partial charge in [0, 0.05) is 107 Å². The molecule has 8 N–H and O–H groups in total. The number of amides is 8. The lowest BCUT2D eigenvalue weighted by molar-refractivity contribution is -0.147. The van der Waals surface area contributed by atoms with E-state index in [1.807, 2.05) is 97.1 Å². The number of alkyl carbamates (subject to hydrolysis) is 2. The highest BCUT2D eigenvalue weighted by Gasteiger charge is 2.43. The first kappa shape index (κ1) is 63.9. The summed E-state index contributed by atoms with van der Waals surface area (Å²) in [5.41, 5.74) is 7.39. The first-order chi connectivity index (χ1) is 44.7. The lowest BCUT2D eigenvalue weighted by Gasteiger charge is -2.40. The molecule has 3 aliphatic rings. The number of H-pyrrole nitrogens is 2. The van der Waals surface area contributed by atoms with E-state index in [0.717, 1.165) is 44.1 Å². The van der Waals surface area contributed by atoms with Crippen LogP contribution in [0.25, 0.3) is 21.8 Å². The summed E-state index contributed by atoms with van der Waals surface area (Å²) in [6.07, 6.45) is 3.57. The van der Waals surface area contributed by atoms with Crippen LogP contribution in [0.5, 0.6) is 0 Å². The monoisotopic (exact) mass is 1280 g/mol. The van der Waals surface area contributed by atoms with Crippen molar-refractivity contribution >= 4 is 92.6 Å². The number of unbranched alkanes of at least 4 members (excludes halogenated alkanes) is 2. The zero-order valence-electron chi connectivity index (χ0n) is 50.5. The van der Waals surface area contributed by atoms with E-state index in [1.54, 1.807) is 60.9 Å². The van der Waals surface area contributed by atoms with Crippen molar-refractivity contribution in [2.45, 2.75) is 127 Å². The number of nitrogens with zero attached hydrogens (tertiary/aromatic N) is 2. The summed E-state index contributed by atoms with van der Waals surface area (Å²) in [6, 6.07) is 36.4. The molecule has 20 nitrogen and oxygen atoms in total. The van der Waals surface area contributed by atoms with Gasteiger partial charge in [0.05, 0.1) is 0 Å². The van der Waals surface area contributed by atoms with Crippen LogP contribution in [0.2, 0.25) is 10.0 Å². The van der Waals surface area contributed by atoms with Crippen molar-refractivity contribution in [1.82, 2.24) is 51.7 Å². The van der Waals surface area contributed by atoms with Crippen LogP contribution in [-0.2, 0) is 90.2 Å². The van der Waals surface area contributed by atoms with Gasteiger partial charge >= 0.3 is 12.2 Å². The molecule has 92 heavy (non-hydrogen) atoms. The smallest absolute Gasteiger partial charge is 0.407 e. The molecule has 6 aromatic carbocycles. The third kappa shape index (κ3) is 15.6. The van der Waals surface area contributed by atoms with E-state index in [4.69, 9.17) is 32.7 Å². The lowest BCUT2D eigenvalue weighted by atomic mass is 9.91. The van der Waals surface area contributed by atoms with Crippen LogP contribution in [0, 0.1) is 0 Å². The molecular formula is C70H72Cl2N10O10. The minimum atomic E-state index is -1.33. The van der Waals surface area contributed by atoms with Gasteiger partial charge in [0.15, 0.2) is 0 Å². The van der Waals surface area contributed by atoms with Crippen LogP contribution in [0.3, 0.4) is 0 Å². The van der Waals surface area contributed by atoms with E-state index in [9.17, 15) is 9.59 Å². The van der Waals surface area contributed by atoms with Crippen LogP contribution in [0.4, 0.5) is 9.59 Å². The third-order valence-corrected chi connectivity index (χ3v) is 18.1. The Labute approximate surface area is 541 Å². The highest BCUT2D eigenvalue weighted by Crippen LogP contribution is 2.30. The van der Waals surface area contributed by atoms with Crippen LogP contribution in [0.1, 0.15) is 83.0 Å². The highest BCUT2D eigenvalue weighted by atomic mass is 35.5. The molecule has 22 heteroatoms. The van der Waals surface area contributed by atoms with E-state index < -0.39 is 83.9 Å². The molecule has 5 heterocycles. The Morgan fingerprint density at radius 2 is 0.804 bits per heavy atom. The van der Waals surface area contributed by atoms with E-state index in [2.05, 4.69) is 41.9 Å². The summed E-state index contributed by atoms with van der Waals surface area (Å²) in [4.78, 5) is 129. The Bertz CT molecular complexity index is 3770. The van der Waals surface area contributed by atoms with Crippen molar-refractivity contribution < 1.29 is 47.8 Å².